The number of aromatic hydroxyl groups is 1. The highest BCUT2D eigenvalue weighted by atomic mass is 16.5. The second kappa shape index (κ2) is 4.87. The normalized spacial score (nSPS) is 10.2. The van der Waals surface area contributed by atoms with E-state index in [2.05, 4.69) is 0 Å². The number of pyridine rings is 1. The van der Waals surface area contributed by atoms with Gasteiger partial charge in [-0.15, -0.1) is 0 Å². The summed E-state index contributed by atoms with van der Waals surface area (Å²) in [5, 5.41) is 9.62. The van der Waals surface area contributed by atoms with Crippen LogP contribution in [0.5, 0.6) is 11.5 Å². The summed E-state index contributed by atoms with van der Waals surface area (Å²) in [5.74, 6) is 1.17. The Kier molecular flexibility index (Phi) is 3.28. The summed E-state index contributed by atoms with van der Waals surface area (Å²) in [6.07, 6.45) is 1.96. The van der Waals surface area contributed by atoms with Crippen molar-refractivity contribution in [2.75, 3.05) is 7.11 Å². The van der Waals surface area contributed by atoms with Gasteiger partial charge in [0.05, 0.1) is 7.11 Å². The summed E-state index contributed by atoms with van der Waals surface area (Å²) in [4.78, 5) is 0. The Balaban J connectivity index is 2.22. The van der Waals surface area contributed by atoms with Crippen molar-refractivity contribution < 1.29 is 14.4 Å². The molecule has 0 amide bonds. The molecular formula is C14H16NO2+. The van der Waals surface area contributed by atoms with Crippen molar-refractivity contribution >= 4 is 0 Å². The Hall–Kier alpha value is -2.03. The van der Waals surface area contributed by atoms with Crippen LogP contribution in [0, 0.1) is 6.92 Å². The number of hydrogen-bond donors (Lipinski definition) is 1. The molecule has 1 heterocycles. The molecule has 0 saturated carbocycles. The lowest BCUT2D eigenvalue weighted by atomic mass is 10.2. The molecule has 3 nitrogen and oxygen atoms in total. The number of rotatable bonds is 3. The van der Waals surface area contributed by atoms with Gasteiger partial charge in [0, 0.05) is 18.6 Å². The predicted molar refractivity (Wildman–Crippen MR) is 65.1 cm³/mol. The highest BCUT2D eigenvalue weighted by Crippen LogP contribution is 2.13. The van der Waals surface area contributed by atoms with Crippen molar-refractivity contribution in [3.63, 3.8) is 0 Å². The van der Waals surface area contributed by atoms with Crippen LogP contribution in [0.25, 0.3) is 0 Å². The van der Waals surface area contributed by atoms with E-state index in [0.717, 1.165) is 18.0 Å². The molecule has 1 aromatic carbocycles. The van der Waals surface area contributed by atoms with Gasteiger partial charge in [-0.05, 0) is 30.3 Å². The lowest BCUT2D eigenvalue weighted by Gasteiger charge is -2.03. The van der Waals surface area contributed by atoms with Gasteiger partial charge in [-0.1, -0.05) is 0 Å². The van der Waals surface area contributed by atoms with E-state index < -0.39 is 0 Å². The summed E-state index contributed by atoms with van der Waals surface area (Å²) >= 11 is 0. The van der Waals surface area contributed by atoms with Crippen molar-refractivity contribution in [2.24, 2.45) is 0 Å². The molecule has 0 saturated heterocycles. The molecule has 0 unspecified atom stereocenters. The van der Waals surface area contributed by atoms with Crippen LogP contribution in [0.2, 0.25) is 0 Å². The average Bonchev–Trinajstić information content (AvgIpc) is 2.36. The Labute approximate surface area is 101 Å². The lowest BCUT2D eigenvalue weighted by molar-refractivity contribution is -0.694. The molecule has 0 aliphatic heterocycles. The van der Waals surface area contributed by atoms with Crippen molar-refractivity contribution in [2.45, 2.75) is 13.5 Å². The van der Waals surface area contributed by atoms with E-state index in [9.17, 15) is 5.11 Å². The molecule has 88 valence electrons. The van der Waals surface area contributed by atoms with Crippen LogP contribution in [0.15, 0.2) is 42.6 Å². The maximum Gasteiger partial charge on any atom is 0.220 e. The molecule has 0 aliphatic carbocycles. The van der Waals surface area contributed by atoms with Gasteiger partial charge >= 0.3 is 0 Å². The second-order valence-electron chi connectivity index (χ2n) is 3.95. The summed E-state index contributed by atoms with van der Waals surface area (Å²) < 4.78 is 7.13. The van der Waals surface area contributed by atoms with Crippen molar-refractivity contribution in [3.8, 4) is 11.5 Å². The molecule has 1 aromatic heterocycles. The van der Waals surface area contributed by atoms with Crippen LogP contribution >= 0.6 is 0 Å². The number of hydrogen-bond acceptors (Lipinski definition) is 2. The number of benzene rings is 1. The van der Waals surface area contributed by atoms with E-state index in [1.807, 2.05) is 48.0 Å². The first-order valence-corrected chi connectivity index (χ1v) is 5.51. The quantitative estimate of drug-likeness (QED) is 0.819. The SMILES string of the molecule is COc1ccc(C[n+]2cccc(O)c2C)cc1. The largest absolute Gasteiger partial charge is 0.503 e. The fourth-order valence-corrected chi connectivity index (χ4v) is 1.72. The van der Waals surface area contributed by atoms with Gasteiger partial charge in [-0.3, -0.25) is 0 Å². The van der Waals surface area contributed by atoms with Crippen LogP contribution in [-0.2, 0) is 6.54 Å². The molecule has 2 aromatic rings. The molecule has 17 heavy (non-hydrogen) atoms. The van der Waals surface area contributed by atoms with E-state index in [-0.39, 0.29) is 0 Å². The molecular weight excluding hydrogens is 214 g/mol. The number of ether oxygens (including phenoxy) is 1. The average molecular weight is 230 g/mol. The van der Waals surface area contributed by atoms with E-state index in [0.29, 0.717) is 5.75 Å². The highest BCUT2D eigenvalue weighted by molar-refractivity contribution is 5.27. The molecule has 0 fully saturated rings. The van der Waals surface area contributed by atoms with Gasteiger partial charge in [-0.25, -0.2) is 0 Å². The predicted octanol–water partition coefficient (Wildman–Crippen LogP) is 2.05. The minimum atomic E-state index is 0.320. The van der Waals surface area contributed by atoms with Gasteiger partial charge < -0.3 is 9.84 Å². The summed E-state index contributed by atoms with van der Waals surface area (Å²) in [6.45, 7) is 2.64. The van der Waals surface area contributed by atoms with Crippen LogP contribution in [0.1, 0.15) is 11.3 Å². The summed E-state index contributed by atoms with van der Waals surface area (Å²) in [7, 11) is 1.66. The van der Waals surface area contributed by atoms with E-state index >= 15 is 0 Å². The molecule has 0 aliphatic rings. The van der Waals surface area contributed by atoms with E-state index in [1.165, 1.54) is 5.56 Å². The third kappa shape index (κ3) is 2.56. The van der Waals surface area contributed by atoms with Crippen molar-refractivity contribution in [3.05, 3.63) is 53.9 Å². The van der Waals surface area contributed by atoms with Gasteiger partial charge in [-0.2, -0.15) is 4.57 Å². The third-order valence-corrected chi connectivity index (χ3v) is 2.83. The van der Waals surface area contributed by atoms with Crippen LogP contribution in [0.4, 0.5) is 0 Å². The lowest BCUT2D eigenvalue weighted by Crippen LogP contribution is -2.36. The topological polar surface area (TPSA) is 33.3 Å². The molecule has 1 N–H and O–H groups in total. The van der Waals surface area contributed by atoms with Gasteiger partial charge in [0.1, 0.15) is 5.75 Å². The zero-order valence-corrected chi connectivity index (χ0v) is 10.1. The Morgan fingerprint density at radius 2 is 1.88 bits per heavy atom. The number of nitrogens with zero attached hydrogens (tertiary/aromatic N) is 1. The van der Waals surface area contributed by atoms with Crippen LogP contribution < -0.4 is 9.30 Å². The molecule has 0 bridgehead atoms. The Morgan fingerprint density at radius 1 is 1.18 bits per heavy atom. The number of aromatic nitrogens is 1. The minimum Gasteiger partial charge on any atom is -0.503 e. The van der Waals surface area contributed by atoms with Gasteiger partial charge in [0.15, 0.2) is 18.5 Å². The second-order valence-corrected chi connectivity index (χ2v) is 3.95. The maximum absolute atomic E-state index is 9.62. The fraction of sp³-hybridized carbons (Fsp3) is 0.214. The summed E-state index contributed by atoms with van der Waals surface area (Å²) in [6, 6.07) is 11.5. The minimum absolute atomic E-state index is 0.320. The van der Waals surface area contributed by atoms with Gasteiger partial charge in [0.2, 0.25) is 5.69 Å². The van der Waals surface area contributed by atoms with E-state index in [1.54, 1.807) is 13.2 Å². The highest BCUT2D eigenvalue weighted by Gasteiger charge is 2.10. The zero-order valence-electron chi connectivity index (χ0n) is 10.1. The molecule has 2 rings (SSSR count). The molecule has 3 heteroatoms. The van der Waals surface area contributed by atoms with Gasteiger partial charge in [0.25, 0.3) is 0 Å². The fourth-order valence-electron chi connectivity index (χ4n) is 1.72. The first-order valence-electron chi connectivity index (χ1n) is 5.51. The van der Waals surface area contributed by atoms with E-state index in [4.69, 9.17) is 4.74 Å². The van der Waals surface area contributed by atoms with Crippen molar-refractivity contribution in [1.29, 1.82) is 0 Å². The van der Waals surface area contributed by atoms with Crippen molar-refractivity contribution in [1.82, 2.24) is 0 Å². The molecule has 0 spiro atoms. The van der Waals surface area contributed by atoms with Crippen LogP contribution in [-0.4, -0.2) is 12.2 Å². The first kappa shape index (κ1) is 11.5. The Bertz CT molecular complexity index is 506. The molecule has 0 radical (unpaired) electrons. The molecule has 0 atom stereocenters. The Morgan fingerprint density at radius 3 is 2.53 bits per heavy atom. The zero-order chi connectivity index (χ0) is 12.3. The third-order valence-electron chi connectivity index (χ3n) is 2.83. The van der Waals surface area contributed by atoms with Crippen LogP contribution in [0.3, 0.4) is 0 Å². The maximum atomic E-state index is 9.62. The number of methoxy groups -OCH3 is 1. The first-order chi connectivity index (χ1) is 8.20. The monoisotopic (exact) mass is 230 g/mol. The smallest absolute Gasteiger partial charge is 0.220 e. The standard InChI is InChI=1S/C14H15NO2/c1-11-14(16)4-3-9-15(11)10-12-5-7-13(17-2)8-6-12/h3-9H,10H2,1-2H3/p+1. The summed E-state index contributed by atoms with van der Waals surface area (Å²) in [5.41, 5.74) is 2.04.